The monoisotopic (exact) mass is 437 g/mol. The van der Waals surface area contributed by atoms with E-state index in [1.165, 1.54) is 0 Å². The fourth-order valence-electron chi connectivity index (χ4n) is 3.43. The molecular formula is C23H27N5O2S. The summed E-state index contributed by atoms with van der Waals surface area (Å²) >= 11 is 1.78. The Bertz CT molecular complexity index is 1190. The lowest BCUT2D eigenvalue weighted by Crippen LogP contribution is -2.18. The van der Waals surface area contributed by atoms with Crippen LogP contribution in [0.25, 0.3) is 10.9 Å². The molecule has 0 atom stereocenters. The highest BCUT2D eigenvalue weighted by Gasteiger charge is 2.08. The first-order chi connectivity index (χ1) is 15.1. The third-order valence-corrected chi connectivity index (χ3v) is 5.88. The van der Waals surface area contributed by atoms with E-state index in [9.17, 15) is 4.79 Å². The van der Waals surface area contributed by atoms with Gasteiger partial charge in [-0.25, -0.2) is 4.98 Å². The van der Waals surface area contributed by atoms with Gasteiger partial charge in [0.2, 0.25) is 5.95 Å². The van der Waals surface area contributed by atoms with E-state index in [1.807, 2.05) is 50.6 Å². The van der Waals surface area contributed by atoms with Crippen molar-refractivity contribution in [1.29, 1.82) is 0 Å². The molecule has 4 aromatic rings. The number of H-pyrrole nitrogens is 2. The van der Waals surface area contributed by atoms with Gasteiger partial charge in [-0.05, 0) is 37.9 Å². The quantitative estimate of drug-likeness (QED) is 0.327. The number of hydrogen-bond acceptors (Lipinski definition) is 6. The van der Waals surface area contributed by atoms with Crippen molar-refractivity contribution in [2.45, 2.75) is 18.7 Å². The van der Waals surface area contributed by atoms with Crippen molar-refractivity contribution >= 4 is 28.6 Å². The lowest BCUT2D eigenvalue weighted by molar-refractivity contribution is 0.344. The molecule has 0 aliphatic carbocycles. The van der Waals surface area contributed by atoms with Gasteiger partial charge in [0.15, 0.2) is 0 Å². The Kier molecular flexibility index (Phi) is 6.79. The number of benzene rings is 1. The predicted molar refractivity (Wildman–Crippen MR) is 127 cm³/mol. The first-order valence-corrected chi connectivity index (χ1v) is 11.4. The van der Waals surface area contributed by atoms with Crippen LogP contribution in [-0.4, -0.2) is 46.2 Å². The second-order valence-electron chi connectivity index (χ2n) is 7.71. The van der Waals surface area contributed by atoms with Crippen molar-refractivity contribution in [3.05, 3.63) is 81.8 Å². The van der Waals surface area contributed by atoms with E-state index in [4.69, 9.17) is 4.42 Å². The zero-order valence-electron chi connectivity index (χ0n) is 17.8. The summed E-state index contributed by atoms with van der Waals surface area (Å²) < 4.78 is 5.81. The maximum absolute atomic E-state index is 12.5. The molecule has 31 heavy (non-hydrogen) atoms. The minimum atomic E-state index is -0.112. The van der Waals surface area contributed by atoms with Gasteiger partial charge in [0.25, 0.3) is 5.56 Å². The number of hydrogen-bond donors (Lipinski definition) is 3. The molecule has 0 bridgehead atoms. The summed E-state index contributed by atoms with van der Waals surface area (Å²) in [7, 11) is 4.05. The molecule has 162 valence electrons. The number of anilines is 1. The molecule has 0 spiro atoms. The van der Waals surface area contributed by atoms with Crippen LogP contribution in [0.4, 0.5) is 5.95 Å². The summed E-state index contributed by atoms with van der Waals surface area (Å²) in [5.41, 5.74) is 2.70. The number of nitrogens with one attached hydrogen (secondary N) is 3. The average molecular weight is 438 g/mol. The Morgan fingerprint density at radius 3 is 2.81 bits per heavy atom. The van der Waals surface area contributed by atoms with Gasteiger partial charge in [-0.3, -0.25) is 9.78 Å². The Labute approximate surface area is 185 Å². The van der Waals surface area contributed by atoms with Crippen LogP contribution in [0, 0.1) is 0 Å². The minimum absolute atomic E-state index is 0.112. The Balaban J connectivity index is 1.25. The van der Waals surface area contributed by atoms with Crippen LogP contribution >= 0.6 is 11.8 Å². The van der Waals surface area contributed by atoms with Crippen LogP contribution in [-0.2, 0) is 18.7 Å². The van der Waals surface area contributed by atoms with Crippen molar-refractivity contribution in [1.82, 2.24) is 19.9 Å². The molecule has 7 nitrogen and oxygen atoms in total. The molecule has 1 aromatic carbocycles. The normalized spacial score (nSPS) is 11.5. The molecule has 8 heteroatoms. The highest BCUT2D eigenvalue weighted by atomic mass is 32.2. The molecule has 0 aliphatic rings. The molecule has 3 aromatic heterocycles. The number of fused-ring (bicyclic) bond motifs is 1. The summed E-state index contributed by atoms with van der Waals surface area (Å²) in [6.45, 7) is 1.52. The standard InChI is InChI=1S/C23H27N5O2S/c1-28(2)14-18-7-8-19(30-18)15-31-10-9-24-23-26-13-17(22(29)27-23)11-16-12-25-21-6-4-3-5-20(16)21/h3-8,12-13,25H,9-11,14-15H2,1-2H3,(H2,24,26,27,29). The summed E-state index contributed by atoms with van der Waals surface area (Å²) in [4.78, 5) is 25.0. The largest absolute Gasteiger partial charge is 0.464 e. The zero-order valence-corrected chi connectivity index (χ0v) is 18.6. The topological polar surface area (TPSA) is 90.0 Å². The third-order valence-electron chi connectivity index (χ3n) is 4.90. The molecule has 4 rings (SSSR count). The van der Waals surface area contributed by atoms with Gasteiger partial charge in [-0.15, -0.1) is 0 Å². The Morgan fingerprint density at radius 2 is 1.97 bits per heavy atom. The molecule has 0 amide bonds. The van der Waals surface area contributed by atoms with Crippen molar-refractivity contribution in [3.63, 3.8) is 0 Å². The molecule has 0 fully saturated rings. The number of nitrogens with zero attached hydrogens (tertiary/aromatic N) is 2. The lowest BCUT2D eigenvalue weighted by Gasteiger charge is -2.07. The third kappa shape index (κ3) is 5.59. The molecule has 0 aliphatic heterocycles. The number of para-hydroxylation sites is 1. The summed E-state index contributed by atoms with van der Waals surface area (Å²) in [6, 6.07) is 12.1. The maximum Gasteiger partial charge on any atom is 0.255 e. The van der Waals surface area contributed by atoms with Crippen LogP contribution in [0.2, 0.25) is 0 Å². The van der Waals surface area contributed by atoms with Crippen LogP contribution in [0.3, 0.4) is 0 Å². The number of aromatic nitrogens is 3. The highest BCUT2D eigenvalue weighted by molar-refractivity contribution is 7.98. The molecule has 0 radical (unpaired) electrons. The van der Waals surface area contributed by atoms with Crippen molar-refractivity contribution in [3.8, 4) is 0 Å². The van der Waals surface area contributed by atoms with Crippen molar-refractivity contribution < 1.29 is 4.42 Å². The number of furan rings is 1. The van der Waals surface area contributed by atoms with Gasteiger partial charge in [0.05, 0.1) is 12.3 Å². The van der Waals surface area contributed by atoms with Gasteiger partial charge < -0.3 is 19.6 Å². The fourth-order valence-corrected chi connectivity index (χ4v) is 4.18. The molecule has 0 unspecified atom stereocenters. The van der Waals surface area contributed by atoms with Crippen molar-refractivity contribution in [2.24, 2.45) is 0 Å². The molecular weight excluding hydrogens is 410 g/mol. The SMILES string of the molecule is CN(C)Cc1ccc(CSCCNc2ncc(Cc3c[nH]c4ccccc34)c(=O)[nH]2)o1. The van der Waals surface area contributed by atoms with Crippen molar-refractivity contribution in [2.75, 3.05) is 31.7 Å². The maximum atomic E-state index is 12.5. The van der Waals surface area contributed by atoms with Gasteiger partial charge in [0, 0.05) is 47.6 Å². The summed E-state index contributed by atoms with van der Waals surface area (Å²) in [5, 5.41) is 4.32. The number of thioether (sulfide) groups is 1. The van der Waals surface area contributed by atoms with E-state index in [1.54, 1.807) is 18.0 Å². The van der Waals surface area contributed by atoms with E-state index in [0.29, 0.717) is 24.5 Å². The lowest BCUT2D eigenvalue weighted by atomic mass is 10.1. The van der Waals surface area contributed by atoms with E-state index < -0.39 is 0 Å². The van der Waals surface area contributed by atoms with Crippen LogP contribution < -0.4 is 10.9 Å². The van der Waals surface area contributed by atoms with E-state index in [-0.39, 0.29) is 5.56 Å². The molecule has 0 saturated carbocycles. The molecule has 0 saturated heterocycles. The van der Waals surface area contributed by atoms with Crippen LogP contribution in [0.5, 0.6) is 0 Å². The van der Waals surface area contributed by atoms with Gasteiger partial charge in [-0.1, -0.05) is 18.2 Å². The van der Waals surface area contributed by atoms with E-state index in [2.05, 4.69) is 31.2 Å². The molecule has 3 N–H and O–H groups in total. The fraction of sp³-hybridized carbons (Fsp3) is 0.304. The Morgan fingerprint density at radius 1 is 1.13 bits per heavy atom. The number of aromatic amines is 2. The first kappa shape index (κ1) is 21.3. The summed E-state index contributed by atoms with van der Waals surface area (Å²) in [5.74, 6) is 4.16. The second kappa shape index (κ2) is 9.89. The zero-order chi connectivity index (χ0) is 21.6. The minimum Gasteiger partial charge on any atom is -0.464 e. The first-order valence-electron chi connectivity index (χ1n) is 10.3. The van der Waals surface area contributed by atoms with E-state index in [0.717, 1.165) is 46.0 Å². The van der Waals surface area contributed by atoms with E-state index >= 15 is 0 Å². The van der Waals surface area contributed by atoms with Gasteiger partial charge in [0.1, 0.15) is 11.5 Å². The number of rotatable bonds is 10. The van der Waals surface area contributed by atoms with Crippen LogP contribution in [0.15, 0.2) is 58.0 Å². The predicted octanol–water partition coefficient (Wildman–Crippen LogP) is 3.84. The van der Waals surface area contributed by atoms with Gasteiger partial charge in [-0.2, -0.15) is 11.8 Å². The Hall–Kier alpha value is -2.97. The average Bonchev–Trinajstić information content (AvgIpc) is 3.36. The van der Waals surface area contributed by atoms with Gasteiger partial charge >= 0.3 is 0 Å². The molecule has 3 heterocycles. The van der Waals surface area contributed by atoms with Crippen LogP contribution in [0.1, 0.15) is 22.6 Å². The summed E-state index contributed by atoms with van der Waals surface area (Å²) in [6.07, 6.45) is 4.16. The highest BCUT2D eigenvalue weighted by Crippen LogP contribution is 2.20. The second-order valence-corrected chi connectivity index (χ2v) is 8.81. The smallest absolute Gasteiger partial charge is 0.255 e.